The monoisotopic (exact) mass is 420 g/mol. The number of carbonyl (C=O) groups is 2. The Hall–Kier alpha value is -3.11. The van der Waals surface area contributed by atoms with Crippen LogP contribution in [-0.2, 0) is 22.7 Å². The highest BCUT2D eigenvalue weighted by molar-refractivity contribution is 6.30. The summed E-state index contributed by atoms with van der Waals surface area (Å²) in [5.41, 5.74) is 3.84. The van der Waals surface area contributed by atoms with Gasteiger partial charge in [-0.05, 0) is 35.7 Å². The maximum atomic E-state index is 13.2. The number of aryl methyl sites for hydroxylation is 1. The highest BCUT2D eigenvalue weighted by atomic mass is 35.5. The summed E-state index contributed by atoms with van der Waals surface area (Å²) < 4.78 is 0. The molecule has 0 spiro atoms. The van der Waals surface area contributed by atoms with Crippen LogP contribution in [0.4, 0.5) is 0 Å². The van der Waals surface area contributed by atoms with Crippen LogP contribution in [0.15, 0.2) is 78.9 Å². The van der Waals surface area contributed by atoms with Gasteiger partial charge < -0.3 is 10.2 Å². The number of hydrogen-bond acceptors (Lipinski definition) is 2. The molecule has 0 bridgehead atoms. The van der Waals surface area contributed by atoms with Crippen LogP contribution >= 0.6 is 11.6 Å². The number of amides is 2. The predicted octanol–water partition coefficient (Wildman–Crippen LogP) is 5.05. The number of hydrogen-bond donors (Lipinski definition) is 1. The van der Waals surface area contributed by atoms with Gasteiger partial charge in [-0.1, -0.05) is 83.9 Å². The van der Waals surface area contributed by atoms with Gasteiger partial charge in [-0.15, -0.1) is 0 Å². The molecule has 0 saturated carbocycles. The van der Waals surface area contributed by atoms with Crippen molar-refractivity contribution in [3.63, 3.8) is 0 Å². The van der Waals surface area contributed by atoms with Crippen LogP contribution < -0.4 is 5.32 Å². The van der Waals surface area contributed by atoms with E-state index in [1.165, 1.54) is 6.92 Å². The topological polar surface area (TPSA) is 49.4 Å². The number of nitrogens with one attached hydrogen (secondary N) is 1. The smallest absolute Gasteiger partial charge is 0.247 e. The van der Waals surface area contributed by atoms with Crippen molar-refractivity contribution in [1.82, 2.24) is 10.2 Å². The van der Waals surface area contributed by atoms with E-state index < -0.39 is 6.04 Å². The molecule has 2 amide bonds. The minimum absolute atomic E-state index is 0.177. The molecule has 4 nitrogen and oxygen atoms in total. The first kappa shape index (κ1) is 21.6. The van der Waals surface area contributed by atoms with Crippen LogP contribution in [0, 0.1) is 6.92 Å². The van der Waals surface area contributed by atoms with Crippen molar-refractivity contribution in [3.05, 3.63) is 106 Å². The van der Waals surface area contributed by atoms with Gasteiger partial charge in [-0.25, -0.2) is 0 Å². The number of rotatable bonds is 7. The van der Waals surface area contributed by atoms with Gasteiger partial charge in [-0.2, -0.15) is 0 Å². The predicted molar refractivity (Wildman–Crippen MR) is 120 cm³/mol. The first-order chi connectivity index (χ1) is 14.4. The van der Waals surface area contributed by atoms with E-state index in [4.69, 9.17) is 11.6 Å². The molecular formula is C25H25ClN2O2. The highest BCUT2D eigenvalue weighted by Gasteiger charge is 2.29. The first-order valence-electron chi connectivity index (χ1n) is 9.84. The Labute approximate surface area is 182 Å². The van der Waals surface area contributed by atoms with Crippen LogP contribution in [0.25, 0.3) is 0 Å². The van der Waals surface area contributed by atoms with Gasteiger partial charge in [0.05, 0.1) is 0 Å². The fraction of sp³-hybridized carbons (Fsp3) is 0.200. The van der Waals surface area contributed by atoms with Crippen LogP contribution in [-0.4, -0.2) is 16.7 Å². The van der Waals surface area contributed by atoms with Gasteiger partial charge in [-0.3, -0.25) is 9.59 Å². The van der Waals surface area contributed by atoms with Crippen molar-refractivity contribution in [2.75, 3.05) is 0 Å². The fourth-order valence-electron chi connectivity index (χ4n) is 3.27. The lowest BCUT2D eigenvalue weighted by molar-refractivity contribution is -0.140. The van der Waals surface area contributed by atoms with E-state index in [0.29, 0.717) is 18.1 Å². The average molecular weight is 421 g/mol. The highest BCUT2D eigenvalue weighted by Crippen LogP contribution is 2.24. The van der Waals surface area contributed by atoms with E-state index in [2.05, 4.69) is 5.32 Å². The molecule has 1 atom stereocenters. The van der Waals surface area contributed by atoms with Crippen LogP contribution in [0.1, 0.15) is 35.2 Å². The summed E-state index contributed by atoms with van der Waals surface area (Å²) in [7, 11) is 0. The van der Waals surface area contributed by atoms with E-state index in [1.54, 1.807) is 17.0 Å². The maximum absolute atomic E-state index is 13.2. The second-order valence-electron chi connectivity index (χ2n) is 7.29. The Bertz CT molecular complexity index is 986. The van der Waals surface area contributed by atoms with E-state index in [1.807, 2.05) is 73.7 Å². The van der Waals surface area contributed by atoms with Gasteiger partial charge in [0.1, 0.15) is 6.04 Å². The zero-order valence-corrected chi connectivity index (χ0v) is 17.9. The first-order valence-corrected chi connectivity index (χ1v) is 10.2. The Morgan fingerprint density at radius 1 is 0.900 bits per heavy atom. The molecule has 154 valence electrons. The lowest BCUT2D eigenvalue weighted by Gasteiger charge is -2.30. The van der Waals surface area contributed by atoms with Crippen LogP contribution in [0.5, 0.6) is 0 Å². The summed E-state index contributed by atoms with van der Waals surface area (Å²) in [4.78, 5) is 27.4. The summed E-state index contributed by atoms with van der Waals surface area (Å²) >= 11 is 5.98. The number of nitrogens with zero attached hydrogens (tertiary/aromatic N) is 1. The Morgan fingerprint density at radius 3 is 2.10 bits per heavy atom. The van der Waals surface area contributed by atoms with Gasteiger partial charge in [0.15, 0.2) is 0 Å². The van der Waals surface area contributed by atoms with Crippen LogP contribution in [0.3, 0.4) is 0 Å². The summed E-state index contributed by atoms with van der Waals surface area (Å²) in [6.07, 6.45) is 0. The Balaban J connectivity index is 1.85. The van der Waals surface area contributed by atoms with Crippen molar-refractivity contribution in [2.24, 2.45) is 0 Å². The molecule has 5 heteroatoms. The van der Waals surface area contributed by atoms with Gasteiger partial charge >= 0.3 is 0 Å². The van der Waals surface area contributed by atoms with Crippen LogP contribution in [0.2, 0.25) is 5.02 Å². The molecule has 1 N–H and O–H groups in total. The molecule has 0 aliphatic carbocycles. The second kappa shape index (κ2) is 10.1. The fourth-order valence-corrected chi connectivity index (χ4v) is 3.40. The quantitative estimate of drug-likeness (QED) is 0.581. The van der Waals surface area contributed by atoms with E-state index in [-0.39, 0.29) is 11.8 Å². The second-order valence-corrected chi connectivity index (χ2v) is 7.73. The third kappa shape index (κ3) is 5.71. The zero-order chi connectivity index (χ0) is 21.5. The van der Waals surface area contributed by atoms with Crippen molar-refractivity contribution in [1.29, 1.82) is 0 Å². The number of halogens is 1. The molecule has 0 aliphatic rings. The third-order valence-corrected chi connectivity index (χ3v) is 5.19. The van der Waals surface area contributed by atoms with Crippen molar-refractivity contribution in [3.8, 4) is 0 Å². The lowest BCUT2D eigenvalue weighted by atomic mass is 10.0. The molecule has 0 fully saturated rings. The average Bonchev–Trinajstić information content (AvgIpc) is 2.75. The standard InChI is InChI=1S/C25H25ClN2O2/c1-18-8-10-20(11-9-18)16-27-25(30)24(22-6-4-3-5-7-22)28(19(2)29)17-21-12-14-23(26)15-13-21/h3-15,24H,16-17H2,1-2H3,(H,27,30). The SMILES string of the molecule is CC(=O)N(Cc1ccc(Cl)cc1)C(C(=O)NCc1ccc(C)cc1)c1ccccc1. The minimum atomic E-state index is -0.732. The van der Waals surface area contributed by atoms with Crippen molar-refractivity contribution >= 4 is 23.4 Å². The summed E-state index contributed by atoms with van der Waals surface area (Å²) in [6, 6.07) is 23.9. The molecule has 0 heterocycles. The van der Waals surface area contributed by atoms with E-state index >= 15 is 0 Å². The van der Waals surface area contributed by atoms with Crippen molar-refractivity contribution < 1.29 is 9.59 Å². The summed E-state index contributed by atoms with van der Waals surface area (Å²) in [5.74, 6) is -0.393. The van der Waals surface area contributed by atoms with E-state index in [9.17, 15) is 9.59 Å². The summed E-state index contributed by atoms with van der Waals surface area (Å²) in [6.45, 7) is 4.22. The Kier molecular flexibility index (Phi) is 7.26. The molecule has 30 heavy (non-hydrogen) atoms. The normalized spacial score (nSPS) is 11.6. The third-order valence-electron chi connectivity index (χ3n) is 4.93. The van der Waals surface area contributed by atoms with Gasteiger partial charge in [0.2, 0.25) is 11.8 Å². The number of carbonyl (C=O) groups excluding carboxylic acids is 2. The lowest BCUT2D eigenvalue weighted by Crippen LogP contribution is -2.42. The minimum Gasteiger partial charge on any atom is -0.350 e. The molecule has 1 unspecified atom stereocenters. The van der Waals surface area contributed by atoms with E-state index in [0.717, 1.165) is 22.3 Å². The molecule has 3 aromatic rings. The molecule has 3 aromatic carbocycles. The van der Waals surface area contributed by atoms with Gasteiger partial charge in [0.25, 0.3) is 0 Å². The molecule has 0 aliphatic heterocycles. The maximum Gasteiger partial charge on any atom is 0.247 e. The number of benzene rings is 3. The summed E-state index contributed by atoms with van der Waals surface area (Å²) in [5, 5.41) is 3.62. The molecule has 3 rings (SSSR count). The molecule has 0 saturated heterocycles. The van der Waals surface area contributed by atoms with Gasteiger partial charge in [0, 0.05) is 25.0 Å². The molecule has 0 aromatic heterocycles. The largest absolute Gasteiger partial charge is 0.350 e. The molecular weight excluding hydrogens is 396 g/mol. The Morgan fingerprint density at radius 2 is 1.50 bits per heavy atom. The van der Waals surface area contributed by atoms with Crippen molar-refractivity contribution in [2.45, 2.75) is 33.0 Å². The zero-order valence-electron chi connectivity index (χ0n) is 17.1. The molecule has 0 radical (unpaired) electrons.